The van der Waals surface area contributed by atoms with Crippen molar-refractivity contribution in [3.05, 3.63) is 0 Å². The van der Waals surface area contributed by atoms with E-state index in [1.165, 1.54) is 0 Å². The van der Waals surface area contributed by atoms with Crippen molar-refractivity contribution in [2.75, 3.05) is 19.6 Å². The Balaban J connectivity index is 2.38. The Labute approximate surface area is 87.3 Å². The highest BCUT2D eigenvalue weighted by Crippen LogP contribution is 2.28. The van der Waals surface area contributed by atoms with Crippen LogP contribution in [0.25, 0.3) is 0 Å². The molecule has 1 N–H and O–H groups in total. The van der Waals surface area contributed by atoms with Crippen molar-refractivity contribution < 1.29 is 5.11 Å². The molecule has 1 aliphatic rings. The van der Waals surface area contributed by atoms with E-state index in [9.17, 15) is 5.11 Å². The first-order chi connectivity index (χ1) is 6.56. The Kier molecular flexibility index (Phi) is 3.97. The zero-order chi connectivity index (χ0) is 10.6. The second kappa shape index (κ2) is 4.82. The lowest BCUT2D eigenvalue weighted by Crippen LogP contribution is -2.48. The lowest BCUT2D eigenvalue weighted by atomic mass is 9.81. The van der Waals surface area contributed by atoms with Gasteiger partial charge in [-0.05, 0) is 13.3 Å². The molecule has 0 amide bonds. The maximum absolute atomic E-state index is 9.77. The van der Waals surface area contributed by atoms with Crippen molar-refractivity contribution in [3.63, 3.8) is 0 Å². The molecule has 0 aliphatic carbocycles. The molecule has 80 valence electrons. The Morgan fingerprint density at radius 3 is 2.79 bits per heavy atom. The van der Waals surface area contributed by atoms with Gasteiger partial charge in [-0.15, -0.1) is 11.8 Å². The average molecular weight is 195 g/mol. The molecule has 0 bridgehead atoms. The molecule has 0 radical (unpaired) electrons. The van der Waals surface area contributed by atoms with E-state index in [4.69, 9.17) is 0 Å². The van der Waals surface area contributed by atoms with Crippen LogP contribution < -0.4 is 0 Å². The topological polar surface area (TPSA) is 23.5 Å². The molecule has 0 aromatic rings. The quantitative estimate of drug-likeness (QED) is 0.675. The fourth-order valence-electron chi connectivity index (χ4n) is 1.99. The molecule has 0 aromatic heterocycles. The van der Waals surface area contributed by atoms with Crippen molar-refractivity contribution in [1.29, 1.82) is 0 Å². The number of aliphatic hydroxyl groups is 1. The first kappa shape index (κ1) is 11.6. The normalized spacial score (nSPS) is 26.7. The van der Waals surface area contributed by atoms with E-state index in [0.717, 1.165) is 32.5 Å². The summed E-state index contributed by atoms with van der Waals surface area (Å²) in [5.41, 5.74) is 0.0396. The number of hydrogen-bond acceptors (Lipinski definition) is 2. The SMILES string of the molecule is CC#CCCN1CCC(O)C(C)(C)C1. The van der Waals surface area contributed by atoms with Crippen molar-refractivity contribution in [3.8, 4) is 11.8 Å². The van der Waals surface area contributed by atoms with Crippen LogP contribution in [-0.2, 0) is 0 Å². The summed E-state index contributed by atoms with van der Waals surface area (Å²) >= 11 is 0. The summed E-state index contributed by atoms with van der Waals surface area (Å²) in [5, 5.41) is 9.77. The summed E-state index contributed by atoms with van der Waals surface area (Å²) in [6, 6.07) is 0. The molecule has 1 fully saturated rings. The molecular formula is C12H21NO. The number of hydrogen-bond donors (Lipinski definition) is 1. The minimum atomic E-state index is -0.143. The maximum atomic E-state index is 9.77. The highest BCUT2D eigenvalue weighted by molar-refractivity contribution is 4.96. The molecule has 0 saturated carbocycles. The lowest BCUT2D eigenvalue weighted by Gasteiger charge is -2.41. The molecule has 1 saturated heterocycles. The highest BCUT2D eigenvalue weighted by Gasteiger charge is 2.33. The minimum absolute atomic E-state index is 0.0396. The van der Waals surface area contributed by atoms with Crippen LogP contribution >= 0.6 is 0 Å². The Hall–Kier alpha value is -0.520. The number of nitrogens with zero attached hydrogens (tertiary/aromatic N) is 1. The predicted octanol–water partition coefficient (Wildman–Crippen LogP) is 1.49. The van der Waals surface area contributed by atoms with E-state index in [1.54, 1.807) is 0 Å². The smallest absolute Gasteiger partial charge is 0.0615 e. The second-order valence-electron chi connectivity index (χ2n) is 4.75. The van der Waals surface area contributed by atoms with Crippen molar-refractivity contribution in [1.82, 2.24) is 4.90 Å². The van der Waals surface area contributed by atoms with Gasteiger partial charge in [-0.1, -0.05) is 13.8 Å². The molecule has 2 heteroatoms. The van der Waals surface area contributed by atoms with Gasteiger partial charge in [0.05, 0.1) is 6.10 Å². The van der Waals surface area contributed by atoms with Crippen molar-refractivity contribution in [2.45, 2.75) is 39.7 Å². The van der Waals surface area contributed by atoms with Crippen molar-refractivity contribution >= 4 is 0 Å². The molecule has 14 heavy (non-hydrogen) atoms. The van der Waals surface area contributed by atoms with Crippen LogP contribution in [0.3, 0.4) is 0 Å². The zero-order valence-electron chi connectivity index (χ0n) is 9.51. The lowest BCUT2D eigenvalue weighted by molar-refractivity contribution is -0.0236. The monoisotopic (exact) mass is 195 g/mol. The van der Waals surface area contributed by atoms with Crippen LogP contribution in [-0.4, -0.2) is 35.7 Å². The van der Waals surface area contributed by atoms with Gasteiger partial charge < -0.3 is 10.0 Å². The fourth-order valence-corrected chi connectivity index (χ4v) is 1.99. The van der Waals surface area contributed by atoms with E-state index < -0.39 is 0 Å². The third-order valence-electron chi connectivity index (χ3n) is 2.98. The van der Waals surface area contributed by atoms with E-state index in [0.29, 0.717) is 0 Å². The van der Waals surface area contributed by atoms with Crippen LogP contribution in [0.4, 0.5) is 0 Å². The van der Waals surface area contributed by atoms with Gasteiger partial charge >= 0.3 is 0 Å². The van der Waals surface area contributed by atoms with Crippen molar-refractivity contribution in [2.24, 2.45) is 5.41 Å². The third kappa shape index (κ3) is 3.01. The largest absolute Gasteiger partial charge is 0.392 e. The summed E-state index contributed by atoms with van der Waals surface area (Å²) < 4.78 is 0. The first-order valence-corrected chi connectivity index (χ1v) is 5.36. The van der Waals surface area contributed by atoms with Gasteiger partial charge in [0.2, 0.25) is 0 Å². The molecule has 1 heterocycles. The molecule has 1 unspecified atom stereocenters. The summed E-state index contributed by atoms with van der Waals surface area (Å²) in [4.78, 5) is 2.40. The standard InChI is InChI=1S/C12H21NO/c1-4-5-6-8-13-9-7-11(14)12(2,3)10-13/h11,14H,6-10H2,1-3H3. The minimum Gasteiger partial charge on any atom is -0.392 e. The molecule has 0 aromatic carbocycles. The third-order valence-corrected chi connectivity index (χ3v) is 2.98. The Morgan fingerprint density at radius 1 is 1.50 bits per heavy atom. The van der Waals surface area contributed by atoms with Crippen LogP contribution in [0, 0.1) is 17.3 Å². The Bertz CT molecular complexity index is 236. The summed E-state index contributed by atoms with van der Waals surface area (Å²) in [6.07, 6.45) is 1.70. The zero-order valence-corrected chi connectivity index (χ0v) is 9.51. The molecule has 2 nitrogen and oxygen atoms in total. The van der Waals surface area contributed by atoms with E-state index in [1.807, 2.05) is 6.92 Å². The number of piperidine rings is 1. The van der Waals surface area contributed by atoms with E-state index in [-0.39, 0.29) is 11.5 Å². The van der Waals surface area contributed by atoms with Gasteiger partial charge in [-0.25, -0.2) is 0 Å². The molecular weight excluding hydrogens is 174 g/mol. The van der Waals surface area contributed by atoms with E-state index >= 15 is 0 Å². The van der Waals surface area contributed by atoms with Crippen LogP contribution in [0.15, 0.2) is 0 Å². The van der Waals surface area contributed by atoms with Crippen LogP contribution in [0.2, 0.25) is 0 Å². The van der Waals surface area contributed by atoms with Gasteiger partial charge in [-0.3, -0.25) is 0 Å². The van der Waals surface area contributed by atoms with Gasteiger partial charge in [0, 0.05) is 31.5 Å². The summed E-state index contributed by atoms with van der Waals surface area (Å²) in [6.45, 7) is 9.18. The molecule has 0 spiro atoms. The molecule has 1 aliphatic heterocycles. The molecule has 1 rings (SSSR count). The first-order valence-electron chi connectivity index (χ1n) is 5.36. The number of aliphatic hydroxyl groups excluding tert-OH is 1. The Morgan fingerprint density at radius 2 is 2.21 bits per heavy atom. The fraction of sp³-hybridized carbons (Fsp3) is 0.833. The van der Waals surface area contributed by atoms with Gasteiger partial charge in [-0.2, -0.15) is 0 Å². The number of rotatable bonds is 2. The summed E-state index contributed by atoms with van der Waals surface area (Å²) in [7, 11) is 0. The average Bonchev–Trinajstić information content (AvgIpc) is 2.11. The maximum Gasteiger partial charge on any atom is 0.0615 e. The highest BCUT2D eigenvalue weighted by atomic mass is 16.3. The predicted molar refractivity (Wildman–Crippen MR) is 58.9 cm³/mol. The number of likely N-dealkylation sites (tertiary alicyclic amines) is 1. The van der Waals surface area contributed by atoms with Gasteiger partial charge in [0.1, 0.15) is 0 Å². The summed E-state index contributed by atoms with van der Waals surface area (Å²) in [5.74, 6) is 5.99. The van der Waals surface area contributed by atoms with Crippen LogP contribution in [0.1, 0.15) is 33.6 Å². The van der Waals surface area contributed by atoms with Gasteiger partial charge in [0.15, 0.2) is 0 Å². The second-order valence-corrected chi connectivity index (χ2v) is 4.75. The van der Waals surface area contributed by atoms with E-state index in [2.05, 4.69) is 30.6 Å². The van der Waals surface area contributed by atoms with Gasteiger partial charge in [0.25, 0.3) is 0 Å². The molecule has 1 atom stereocenters. The van der Waals surface area contributed by atoms with Crippen LogP contribution in [0.5, 0.6) is 0 Å².